The number of benzene rings is 1. The maximum atomic E-state index is 12.4. The molecule has 0 radical (unpaired) electrons. The van der Waals surface area contributed by atoms with Crippen LogP contribution in [0.5, 0.6) is 0 Å². The number of anilines is 1. The molecule has 0 saturated carbocycles. The number of urea groups is 1. The lowest BCUT2D eigenvalue weighted by atomic mass is 9.98. The van der Waals surface area contributed by atoms with E-state index in [1.165, 1.54) is 10.9 Å². The molecule has 0 bridgehead atoms. The molecule has 1 aromatic heterocycles. The maximum Gasteiger partial charge on any atom is 0.358 e. The predicted octanol–water partition coefficient (Wildman–Crippen LogP) is 2.23. The van der Waals surface area contributed by atoms with Gasteiger partial charge in [0.15, 0.2) is 5.69 Å². The van der Waals surface area contributed by atoms with Gasteiger partial charge in [-0.05, 0) is 37.8 Å². The standard InChI is InChI=1S/C17H21N5O3/c1-12-4-6-14(7-5-12)18-17(25)21-8-2-3-13(9-21)10-22-11-15(16(23)24)19-20-22/h4-7,11,13H,2-3,8-10H2,1H3,(H,18,25)(H,23,24)/t13-/m1/s1. The number of carbonyl (C=O) groups excluding carboxylic acids is 1. The van der Waals surface area contributed by atoms with Crippen LogP contribution in [0.25, 0.3) is 0 Å². The summed E-state index contributed by atoms with van der Waals surface area (Å²) in [5.74, 6) is -0.866. The molecule has 0 spiro atoms. The van der Waals surface area contributed by atoms with Crippen molar-refractivity contribution in [3.8, 4) is 0 Å². The van der Waals surface area contributed by atoms with E-state index in [0.717, 1.165) is 24.1 Å². The third kappa shape index (κ3) is 4.34. The van der Waals surface area contributed by atoms with Crippen LogP contribution in [0.3, 0.4) is 0 Å². The number of carbonyl (C=O) groups is 2. The molecule has 1 saturated heterocycles. The summed E-state index contributed by atoms with van der Waals surface area (Å²) in [6, 6.07) is 7.58. The van der Waals surface area contributed by atoms with Crippen LogP contribution in [0.1, 0.15) is 28.9 Å². The summed E-state index contributed by atoms with van der Waals surface area (Å²) < 4.78 is 1.54. The van der Waals surface area contributed by atoms with Gasteiger partial charge in [0.1, 0.15) is 0 Å². The molecule has 0 unspecified atom stereocenters. The molecule has 25 heavy (non-hydrogen) atoms. The molecule has 1 aliphatic rings. The minimum absolute atomic E-state index is 0.0650. The number of aromatic nitrogens is 3. The quantitative estimate of drug-likeness (QED) is 0.886. The highest BCUT2D eigenvalue weighted by Gasteiger charge is 2.24. The van der Waals surface area contributed by atoms with Gasteiger partial charge in [0.2, 0.25) is 0 Å². The highest BCUT2D eigenvalue weighted by molar-refractivity contribution is 5.89. The van der Waals surface area contributed by atoms with Crippen LogP contribution in [0.2, 0.25) is 0 Å². The van der Waals surface area contributed by atoms with Crippen molar-refractivity contribution in [1.82, 2.24) is 19.9 Å². The number of rotatable bonds is 4. The summed E-state index contributed by atoms with van der Waals surface area (Å²) in [5.41, 5.74) is 1.86. The number of carboxylic acids is 1. The third-order valence-corrected chi connectivity index (χ3v) is 4.31. The second kappa shape index (κ2) is 7.33. The fourth-order valence-electron chi connectivity index (χ4n) is 2.99. The van der Waals surface area contributed by atoms with Gasteiger partial charge in [0.25, 0.3) is 0 Å². The lowest BCUT2D eigenvalue weighted by Gasteiger charge is -2.32. The van der Waals surface area contributed by atoms with Gasteiger partial charge in [-0.3, -0.25) is 4.68 Å². The molecule has 2 N–H and O–H groups in total. The summed E-state index contributed by atoms with van der Waals surface area (Å²) >= 11 is 0. The van der Waals surface area contributed by atoms with Gasteiger partial charge in [0.05, 0.1) is 6.20 Å². The van der Waals surface area contributed by atoms with Gasteiger partial charge in [-0.1, -0.05) is 22.9 Å². The fraction of sp³-hybridized carbons (Fsp3) is 0.412. The van der Waals surface area contributed by atoms with Crippen LogP contribution in [0, 0.1) is 12.8 Å². The first-order valence-electron chi connectivity index (χ1n) is 8.27. The number of nitrogens with one attached hydrogen (secondary N) is 1. The third-order valence-electron chi connectivity index (χ3n) is 4.31. The van der Waals surface area contributed by atoms with Gasteiger partial charge in [-0.25, -0.2) is 9.59 Å². The summed E-state index contributed by atoms with van der Waals surface area (Å²) in [6.07, 6.45) is 3.30. The number of aromatic carboxylic acids is 1. The molecule has 1 aromatic carbocycles. The number of carboxylic acid groups (broad SMARTS) is 1. The molecule has 3 rings (SSSR count). The van der Waals surface area contributed by atoms with Crippen molar-refractivity contribution in [2.45, 2.75) is 26.3 Å². The Bertz CT molecular complexity index is 756. The largest absolute Gasteiger partial charge is 0.476 e. The topological polar surface area (TPSA) is 100 Å². The lowest BCUT2D eigenvalue weighted by molar-refractivity contribution is 0.0690. The van der Waals surface area contributed by atoms with Crippen LogP contribution < -0.4 is 5.32 Å². The first-order valence-corrected chi connectivity index (χ1v) is 8.27. The highest BCUT2D eigenvalue weighted by atomic mass is 16.4. The first kappa shape index (κ1) is 16.9. The second-order valence-electron chi connectivity index (χ2n) is 6.38. The van der Waals surface area contributed by atoms with Crippen molar-refractivity contribution >= 4 is 17.7 Å². The zero-order valence-electron chi connectivity index (χ0n) is 14.1. The average molecular weight is 343 g/mol. The predicted molar refractivity (Wildman–Crippen MR) is 91.5 cm³/mol. The summed E-state index contributed by atoms with van der Waals surface area (Å²) in [4.78, 5) is 25.1. The number of hydrogen-bond acceptors (Lipinski definition) is 4. The van der Waals surface area contributed by atoms with Gasteiger partial charge in [0, 0.05) is 25.3 Å². The van der Waals surface area contributed by atoms with E-state index in [0.29, 0.717) is 19.6 Å². The Morgan fingerprint density at radius 2 is 2.08 bits per heavy atom. The van der Waals surface area contributed by atoms with E-state index in [9.17, 15) is 9.59 Å². The van der Waals surface area contributed by atoms with E-state index in [1.807, 2.05) is 31.2 Å². The van der Waals surface area contributed by atoms with Gasteiger partial charge in [-0.15, -0.1) is 5.10 Å². The second-order valence-corrected chi connectivity index (χ2v) is 6.38. The van der Waals surface area contributed by atoms with Crippen molar-refractivity contribution in [2.24, 2.45) is 5.92 Å². The zero-order valence-corrected chi connectivity index (χ0v) is 14.1. The molecule has 2 heterocycles. The van der Waals surface area contributed by atoms with Crippen LogP contribution in [-0.2, 0) is 6.54 Å². The molecule has 8 heteroatoms. The Kier molecular flexibility index (Phi) is 4.97. The average Bonchev–Trinajstić information content (AvgIpc) is 3.06. The Morgan fingerprint density at radius 3 is 2.76 bits per heavy atom. The molecule has 2 amide bonds. The minimum Gasteiger partial charge on any atom is -0.476 e. The van der Waals surface area contributed by atoms with Crippen LogP contribution in [0.4, 0.5) is 10.5 Å². The minimum atomic E-state index is -1.09. The molecular weight excluding hydrogens is 322 g/mol. The number of aryl methyl sites for hydroxylation is 1. The fourth-order valence-corrected chi connectivity index (χ4v) is 2.99. The van der Waals surface area contributed by atoms with Crippen LogP contribution in [-0.4, -0.2) is 50.1 Å². The monoisotopic (exact) mass is 343 g/mol. The summed E-state index contributed by atoms with van der Waals surface area (Å²) in [6.45, 7) is 3.88. The molecule has 1 aliphatic heterocycles. The molecule has 8 nitrogen and oxygen atoms in total. The molecule has 1 fully saturated rings. The molecular formula is C17H21N5O3. The maximum absolute atomic E-state index is 12.4. The van der Waals surface area contributed by atoms with Crippen molar-refractivity contribution in [3.63, 3.8) is 0 Å². The Balaban J connectivity index is 1.57. The molecule has 1 atom stereocenters. The highest BCUT2D eigenvalue weighted by Crippen LogP contribution is 2.19. The van der Waals surface area contributed by atoms with Crippen molar-refractivity contribution in [1.29, 1.82) is 0 Å². The van der Waals surface area contributed by atoms with Gasteiger partial charge in [-0.2, -0.15) is 0 Å². The number of nitrogens with zero attached hydrogens (tertiary/aromatic N) is 4. The van der Waals surface area contributed by atoms with Gasteiger partial charge < -0.3 is 15.3 Å². The van der Waals surface area contributed by atoms with E-state index < -0.39 is 5.97 Å². The smallest absolute Gasteiger partial charge is 0.358 e. The number of hydrogen-bond donors (Lipinski definition) is 2. The normalized spacial score (nSPS) is 17.3. The molecule has 0 aliphatic carbocycles. The van der Waals surface area contributed by atoms with Crippen molar-refractivity contribution in [2.75, 3.05) is 18.4 Å². The summed E-state index contributed by atoms with van der Waals surface area (Å²) in [5, 5.41) is 19.3. The number of likely N-dealkylation sites (tertiary alicyclic amines) is 1. The van der Waals surface area contributed by atoms with Gasteiger partial charge >= 0.3 is 12.0 Å². The number of piperidine rings is 1. The van der Waals surface area contributed by atoms with Crippen molar-refractivity contribution in [3.05, 3.63) is 41.7 Å². The number of amides is 2. The van der Waals surface area contributed by atoms with E-state index in [1.54, 1.807) is 4.90 Å². The van der Waals surface area contributed by atoms with Crippen molar-refractivity contribution < 1.29 is 14.7 Å². The zero-order chi connectivity index (χ0) is 17.8. The van der Waals surface area contributed by atoms with Crippen LogP contribution in [0.15, 0.2) is 30.5 Å². The van der Waals surface area contributed by atoms with E-state index in [-0.39, 0.29) is 17.6 Å². The first-order chi connectivity index (χ1) is 12.0. The van der Waals surface area contributed by atoms with Crippen LogP contribution >= 0.6 is 0 Å². The lowest BCUT2D eigenvalue weighted by Crippen LogP contribution is -2.43. The summed E-state index contributed by atoms with van der Waals surface area (Å²) in [7, 11) is 0. The molecule has 2 aromatic rings. The van der Waals surface area contributed by atoms with E-state index in [4.69, 9.17) is 5.11 Å². The van der Waals surface area contributed by atoms with E-state index in [2.05, 4.69) is 15.6 Å². The SMILES string of the molecule is Cc1ccc(NC(=O)N2CCC[C@@H](Cn3cc(C(=O)O)nn3)C2)cc1. The Hall–Kier alpha value is -2.90. The van der Waals surface area contributed by atoms with E-state index >= 15 is 0 Å². The Labute approximate surface area is 145 Å². The molecule has 132 valence electrons. The Morgan fingerprint density at radius 1 is 1.32 bits per heavy atom.